The lowest BCUT2D eigenvalue weighted by Crippen LogP contribution is -2.29. The molecule has 0 atom stereocenters. The van der Waals surface area contributed by atoms with E-state index in [0.29, 0.717) is 5.89 Å². The van der Waals surface area contributed by atoms with Gasteiger partial charge < -0.3 is 4.52 Å². The van der Waals surface area contributed by atoms with E-state index in [1.165, 1.54) is 6.07 Å². The molecule has 7 heteroatoms. The normalized spacial score (nSPS) is 14.2. The largest absolute Gasteiger partial charge is 0.339 e. The summed E-state index contributed by atoms with van der Waals surface area (Å²) in [6.07, 6.45) is 0. The molecule has 6 nitrogen and oxygen atoms in total. The highest BCUT2D eigenvalue weighted by Crippen LogP contribution is 2.25. The number of carbonyl (C=O) groups excluding carboxylic acids is 2. The number of fused-ring (bicyclic) bond motifs is 1. The number of halogens is 1. The number of hydrogen-bond donors (Lipinski definition) is 0. The van der Waals surface area contributed by atoms with Crippen molar-refractivity contribution < 1.29 is 18.5 Å². The zero-order valence-corrected chi connectivity index (χ0v) is 11.5. The Hall–Kier alpha value is -2.57. The summed E-state index contributed by atoms with van der Waals surface area (Å²) in [5.74, 6) is -0.849. The first-order valence-electron chi connectivity index (χ1n) is 6.45. The Balaban J connectivity index is 1.87. The van der Waals surface area contributed by atoms with Gasteiger partial charge >= 0.3 is 0 Å². The topological polar surface area (TPSA) is 76.3 Å². The molecule has 2 aromatic rings. The van der Waals surface area contributed by atoms with E-state index in [9.17, 15) is 14.0 Å². The molecule has 0 fully saturated rings. The molecule has 0 unspecified atom stereocenters. The van der Waals surface area contributed by atoms with Gasteiger partial charge in [0.1, 0.15) is 5.82 Å². The molecule has 1 aliphatic heterocycles. The van der Waals surface area contributed by atoms with Gasteiger partial charge in [-0.05, 0) is 18.2 Å². The van der Waals surface area contributed by atoms with Gasteiger partial charge in [-0.15, -0.1) is 0 Å². The third kappa shape index (κ3) is 2.20. The first-order valence-corrected chi connectivity index (χ1v) is 6.45. The quantitative estimate of drug-likeness (QED) is 0.809. The first-order chi connectivity index (χ1) is 9.97. The molecule has 1 aromatic carbocycles. The van der Waals surface area contributed by atoms with Crippen molar-refractivity contribution in [2.24, 2.45) is 0 Å². The van der Waals surface area contributed by atoms with Crippen LogP contribution in [0.25, 0.3) is 0 Å². The molecule has 0 saturated carbocycles. The van der Waals surface area contributed by atoms with E-state index in [4.69, 9.17) is 4.52 Å². The Labute approximate surface area is 119 Å². The van der Waals surface area contributed by atoms with Crippen LogP contribution in [-0.2, 0) is 6.54 Å². The average Bonchev–Trinajstić information content (AvgIpc) is 2.99. The van der Waals surface area contributed by atoms with Gasteiger partial charge in [0.2, 0.25) is 5.89 Å². The second kappa shape index (κ2) is 4.76. The van der Waals surface area contributed by atoms with E-state index in [2.05, 4.69) is 10.1 Å². The van der Waals surface area contributed by atoms with Crippen LogP contribution in [0.2, 0.25) is 0 Å². The Kier molecular flexibility index (Phi) is 3.04. The monoisotopic (exact) mass is 289 g/mol. The molecule has 2 amide bonds. The highest BCUT2D eigenvalue weighted by Gasteiger charge is 2.36. The van der Waals surface area contributed by atoms with Crippen LogP contribution in [0.4, 0.5) is 4.39 Å². The summed E-state index contributed by atoms with van der Waals surface area (Å²) in [6, 6.07) is 3.52. The minimum atomic E-state index is -0.557. The molecule has 1 aliphatic rings. The fourth-order valence-corrected chi connectivity index (χ4v) is 2.11. The lowest BCUT2D eigenvalue weighted by Gasteiger charge is -2.10. The maximum absolute atomic E-state index is 13.2. The van der Waals surface area contributed by atoms with E-state index < -0.39 is 17.6 Å². The van der Waals surface area contributed by atoms with Crippen LogP contribution in [0.1, 0.15) is 52.2 Å². The molecule has 0 saturated heterocycles. The van der Waals surface area contributed by atoms with E-state index in [1.807, 2.05) is 13.8 Å². The SMILES string of the molecule is CC(C)c1nc(CN2C(=O)c3ccc(F)cc3C2=O)no1. The second-order valence-electron chi connectivity index (χ2n) is 5.09. The lowest BCUT2D eigenvalue weighted by molar-refractivity contribution is 0.0637. The van der Waals surface area contributed by atoms with Crippen LogP contribution in [0, 0.1) is 5.82 Å². The summed E-state index contributed by atoms with van der Waals surface area (Å²) in [5.41, 5.74) is 0.251. The molecule has 2 heterocycles. The third-order valence-corrected chi connectivity index (χ3v) is 3.21. The van der Waals surface area contributed by atoms with Crippen molar-refractivity contribution in [1.82, 2.24) is 15.0 Å². The molecule has 21 heavy (non-hydrogen) atoms. The van der Waals surface area contributed by atoms with Crippen LogP contribution in [0.5, 0.6) is 0 Å². The summed E-state index contributed by atoms with van der Waals surface area (Å²) in [4.78, 5) is 29.4. The fourth-order valence-electron chi connectivity index (χ4n) is 2.11. The van der Waals surface area contributed by atoms with E-state index >= 15 is 0 Å². The van der Waals surface area contributed by atoms with Crippen LogP contribution in [0.15, 0.2) is 22.7 Å². The fraction of sp³-hybridized carbons (Fsp3) is 0.286. The zero-order valence-electron chi connectivity index (χ0n) is 11.5. The van der Waals surface area contributed by atoms with Crippen molar-refractivity contribution in [3.63, 3.8) is 0 Å². The number of imide groups is 1. The van der Waals surface area contributed by atoms with Crippen LogP contribution in [-0.4, -0.2) is 26.9 Å². The maximum atomic E-state index is 13.2. The smallest absolute Gasteiger partial charge is 0.262 e. The third-order valence-electron chi connectivity index (χ3n) is 3.21. The van der Waals surface area contributed by atoms with Crippen LogP contribution in [0.3, 0.4) is 0 Å². The average molecular weight is 289 g/mol. The minimum Gasteiger partial charge on any atom is -0.339 e. The summed E-state index contributed by atoms with van der Waals surface area (Å²) < 4.78 is 18.2. The molecule has 0 radical (unpaired) electrons. The van der Waals surface area contributed by atoms with Crippen molar-refractivity contribution >= 4 is 11.8 Å². The van der Waals surface area contributed by atoms with Gasteiger partial charge in [0.15, 0.2) is 5.82 Å². The van der Waals surface area contributed by atoms with Gasteiger partial charge in [0.05, 0.1) is 17.7 Å². The molecule has 3 rings (SSSR count). The standard InChI is InChI=1S/C14H12FN3O3/c1-7(2)12-16-11(17-21-12)6-18-13(19)9-4-3-8(15)5-10(9)14(18)20/h3-5,7H,6H2,1-2H3. The van der Waals surface area contributed by atoms with Crippen molar-refractivity contribution in [3.05, 3.63) is 46.9 Å². The summed E-state index contributed by atoms with van der Waals surface area (Å²) in [7, 11) is 0. The summed E-state index contributed by atoms with van der Waals surface area (Å²) in [6.45, 7) is 3.69. The first kappa shape index (κ1) is 13.4. The van der Waals surface area contributed by atoms with Gasteiger partial charge in [0, 0.05) is 5.92 Å². The van der Waals surface area contributed by atoms with Gasteiger partial charge in [-0.25, -0.2) is 4.39 Å². The molecular formula is C14H12FN3O3. The molecular weight excluding hydrogens is 277 g/mol. The Morgan fingerprint density at radius 1 is 1.24 bits per heavy atom. The lowest BCUT2D eigenvalue weighted by atomic mass is 10.1. The molecule has 0 aliphatic carbocycles. The summed E-state index contributed by atoms with van der Waals surface area (Å²) >= 11 is 0. The van der Waals surface area contributed by atoms with Gasteiger partial charge in [-0.1, -0.05) is 19.0 Å². The van der Waals surface area contributed by atoms with Gasteiger partial charge in [-0.3, -0.25) is 14.5 Å². The zero-order chi connectivity index (χ0) is 15.1. The van der Waals surface area contributed by atoms with E-state index in [-0.39, 0.29) is 29.4 Å². The highest BCUT2D eigenvalue weighted by atomic mass is 19.1. The number of carbonyl (C=O) groups is 2. The summed E-state index contributed by atoms with van der Waals surface area (Å²) in [5, 5.41) is 3.74. The Morgan fingerprint density at radius 3 is 2.62 bits per heavy atom. The van der Waals surface area contributed by atoms with Gasteiger partial charge in [0.25, 0.3) is 11.8 Å². The molecule has 0 spiro atoms. The van der Waals surface area contributed by atoms with Crippen LogP contribution >= 0.6 is 0 Å². The number of hydrogen-bond acceptors (Lipinski definition) is 5. The molecule has 1 aromatic heterocycles. The van der Waals surface area contributed by atoms with Crippen molar-refractivity contribution in [3.8, 4) is 0 Å². The number of benzene rings is 1. The van der Waals surface area contributed by atoms with E-state index in [0.717, 1.165) is 17.0 Å². The highest BCUT2D eigenvalue weighted by molar-refractivity contribution is 6.21. The van der Waals surface area contributed by atoms with E-state index in [1.54, 1.807) is 0 Å². The number of aromatic nitrogens is 2. The number of rotatable bonds is 3. The number of nitrogens with zero attached hydrogens (tertiary/aromatic N) is 3. The second-order valence-corrected chi connectivity index (χ2v) is 5.09. The van der Waals surface area contributed by atoms with Gasteiger partial charge in [-0.2, -0.15) is 4.98 Å². The minimum absolute atomic E-state index is 0.0579. The maximum Gasteiger partial charge on any atom is 0.262 e. The molecule has 0 N–H and O–H groups in total. The number of amides is 2. The van der Waals surface area contributed by atoms with Crippen molar-refractivity contribution in [2.45, 2.75) is 26.3 Å². The predicted octanol–water partition coefficient (Wildman–Crippen LogP) is 2.13. The van der Waals surface area contributed by atoms with Crippen molar-refractivity contribution in [2.75, 3.05) is 0 Å². The van der Waals surface area contributed by atoms with Crippen molar-refractivity contribution in [1.29, 1.82) is 0 Å². The molecule has 108 valence electrons. The van der Waals surface area contributed by atoms with Crippen LogP contribution < -0.4 is 0 Å². The predicted molar refractivity (Wildman–Crippen MR) is 69.0 cm³/mol. The Morgan fingerprint density at radius 2 is 1.95 bits per heavy atom. The molecule has 0 bridgehead atoms. The Bertz CT molecular complexity index is 739.